The van der Waals surface area contributed by atoms with E-state index < -0.39 is 0 Å². The molecule has 0 amide bonds. The number of rotatable bonds is 7. The second-order valence-electron chi connectivity index (χ2n) is 5.55. The first kappa shape index (κ1) is 17.3. The highest BCUT2D eigenvalue weighted by Gasteiger charge is 2.17. The number of benzene rings is 1. The van der Waals surface area contributed by atoms with Crippen LogP contribution in [0.2, 0.25) is 0 Å². The van der Waals surface area contributed by atoms with Crippen LogP contribution in [-0.2, 0) is 11.3 Å². The summed E-state index contributed by atoms with van der Waals surface area (Å²) in [6, 6.07) is 7.94. The molecule has 0 bridgehead atoms. The van der Waals surface area contributed by atoms with Crippen molar-refractivity contribution in [1.82, 2.24) is 19.7 Å². The summed E-state index contributed by atoms with van der Waals surface area (Å²) >= 11 is 1.76. The Labute approximate surface area is 147 Å². The second-order valence-corrected chi connectivity index (χ2v) is 6.62. The van der Waals surface area contributed by atoms with Crippen molar-refractivity contribution in [2.45, 2.75) is 18.6 Å². The highest BCUT2D eigenvalue weighted by molar-refractivity contribution is 7.99. The average Bonchev–Trinajstić information content (AvgIpc) is 3.05. The Kier molecular flexibility index (Phi) is 6.12. The molecule has 1 fully saturated rings. The molecule has 0 saturated carbocycles. The average molecular weight is 348 g/mol. The summed E-state index contributed by atoms with van der Waals surface area (Å²) in [6.07, 6.45) is 0. The SMILES string of the molecule is CCn1c(SCCN2CCOCC2)nnc1-c1ccccc1OC. The molecular formula is C17H24N4O2S. The van der Waals surface area contributed by atoms with Crippen LogP contribution in [0.15, 0.2) is 29.4 Å². The van der Waals surface area contributed by atoms with Gasteiger partial charge in [0.05, 0.1) is 25.9 Å². The van der Waals surface area contributed by atoms with Gasteiger partial charge in [-0.05, 0) is 19.1 Å². The van der Waals surface area contributed by atoms with Crippen LogP contribution in [0.1, 0.15) is 6.92 Å². The van der Waals surface area contributed by atoms with Gasteiger partial charge >= 0.3 is 0 Å². The zero-order chi connectivity index (χ0) is 16.8. The van der Waals surface area contributed by atoms with Gasteiger partial charge in [0.25, 0.3) is 0 Å². The number of methoxy groups -OCH3 is 1. The van der Waals surface area contributed by atoms with E-state index in [1.807, 2.05) is 24.3 Å². The van der Waals surface area contributed by atoms with Crippen LogP contribution in [0.5, 0.6) is 5.75 Å². The van der Waals surface area contributed by atoms with Gasteiger partial charge in [0, 0.05) is 31.9 Å². The standard InChI is InChI=1S/C17H24N4O2S/c1-3-21-16(14-6-4-5-7-15(14)22-2)18-19-17(21)24-13-10-20-8-11-23-12-9-20/h4-7H,3,8-13H2,1-2H3. The van der Waals surface area contributed by atoms with Gasteiger partial charge in [-0.1, -0.05) is 23.9 Å². The molecular weight excluding hydrogens is 324 g/mol. The lowest BCUT2D eigenvalue weighted by Crippen LogP contribution is -2.37. The number of nitrogens with zero attached hydrogens (tertiary/aromatic N) is 4. The molecule has 3 rings (SSSR count). The first-order chi connectivity index (χ1) is 11.8. The molecule has 0 aliphatic carbocycles. The Morgan fingerprint density at radius 3 is 2.75 bits per heavy atom. The minimum absolute atomic E-state index is 0.824. The molecule has 6 nitrogen and oxygen atoms in total. The molecule has 1 aromatic heterocycles. The van der Waals surface area contributed by atoms with Gasteiger partial charge in [-0.25, -0.2) is 0 Å². The monoisotopic (exact) mass is 348 g/mol. The van der Waals surface area contributed by atoms with Crippen LogP contribution < -0.4 is 4.74 Å². The van der Waals surface area contributed by atoms with Crippen LogP contribution in [0.4, 0.5) is 0 Å². The van der Waals surface area contributed by atoms with Crippen LogP contribution in [0.25, 0.3) is 11.4 Å². The molecule has 0 N–H and O–H groups in total. The number of thioether (sulfide) groups is 1. The van der Waals surface area contributed by atoms with Gasteiger partial charge in [0.2, 0.25) is 0 Å². The topological polar surface area (TPSA) is 52.4 Å². The summed E-state index contributed by atoms with van der Waals surface area (Å²) in [7, 11) is 1.68. The lowest BCUT2D eigenvalue weighted by Gasteiger charge is -2.26. The molecule has 1 aliphatic heterocycles. The first-order valence-electron chi connectivity index (χ1n) is 8.33. The van der Waals surface area contributed by atoms with Gasteiger partial charge in [-0.3, -0.25) is 4.90 Å². The first-order valence-corrected chi connectivity index (χ1v) is 9.31. The Bertz CT molecular complexity index is 656. The maximum Gasteiger partial charge on any atom is 0.191 e. The fourth-order valence-corrected chi connectivity index (χ4v) is 3.80. The number of ether oxygens (including phenoxy) is 2. The van der Waals surface area contributed by atoms with E-state index in [1.165, 1.54) is 0 Å². The van der Waals surface area contributed by atoms with Crippen molar-refractivity contribution in [1.29, 1.82) is 0 Å². The smallest absolute Gasteiger partial charge is 0.191 e. The fraction of sp³-hybridized carbons (Fsp3) is 0.529. The van der Waals surface area contributed by atoms with Crippen molar-refractivity contribution in [3.05, 3.63) is 24.3 Å². The fourth-order valence-electron chi connectivity index (χ4n) is 2.80. The van der Waals surface area contributed by atoms with Crippen LogP contribution >= 0.6 is 11.8 Å². The molecule has 1 saturated heterocycles. The Balaban J connectivity index is 1.70. The van der Waals surface area contributed by atoms with E-state index in [4.69, 9.17) is 9.47 Å². The highest BCUT2D eigenvalue weighted by Crippen LogP contribution is 2.30. The Morgan fingerprint density at radius 2 is 2.00 bits per heavy atom. The lowest BCUT2D eigenvalue weighted by molar-refractivity contribution is 0.0410. The molecule has 0 unspecified atom stereocenters. The van der Waals surface area contributed by atoms with Crippen LogP contribution in [0, 0.1) is 0 Å². The third kappa shape index (κ3) is 3.91. The van der Waals surface area contributed by atoms with Crippen LogP contribution in [0.3, 0.4) is 0 Å². The van der Waals surface area contributed by atoms with Gasteiger partial charge in [-0.2, -0.15) is 0 Å². The molecule has 0 spiro atoms. The quantitative estimate of drug-likeness (QED) is 0.716. The van der Waals surface area contributed by atoms with E-state index in [1.54, 1.807) is 18.9 Å². The summed E-state index contributed by atoms with van der Waals surface area (Å²) in [5, 5.41) is 9.77. The maximum atomic E-state index is 5.46. The van der Waals surface area contributed by atoms with Gasteiger partial charge in [0.1, 0.15) is 5.75 Å². The third-order valence-electron chi connectivity index (χ3n) is 4.12. The summed E-state index contributed by atoms with van der Waals surface area (Å²) in [5.74, 6) is 2.69. The van der Waals surface area contributed by atoms with E-state index in [-0.39, 0.29) is 0 Å². The van der Waals surface area contributed by atoms with Gasteiger partial charge in [0.15, 0.2) is 11.0 Å². The molecule has 2 heterocycles. The number of hydrogen-bond acceptors (Lipinski definition) is 6. The molecule has 0 radical (unpaired) electrons. The highest BCUT2D eigenvalue weighted by atomic mass is 32.2. The predicted molar refractivity (Wildman–Crippen MR) is 95.7 cm³/mol. The lowest BCUT2D eigenvalue weighted by atomic mass is 10.2. The molecule has 24 heavy (non-hydrogen) atoms. The Morgan fingerprint density at radius 1 is 1.21 bits per heavy atom. The number of para-hydroxylation sites is 1. The minimum atomic E-state index is 0.824. The summed E-state index contributed by atoms with van der Waals surface area (Å²) in [6.45, 7) is 7.73. The number of hydrogen-bond donors (Lipinski definition) is 0. The maximum absolute atomic E-state index is 5.46. The normalized spacial score (nSPS) is 15.6. The van der Waals surface area contributed by atoms with E-state index >= 15 is 0 Å². The zero-order valence-corrected chi connectivity index (χ0v) is 15.1. The molecule has 7 heteroatoms. The minimum Gasteiger partial charge on any atom is -0.496 e. The second kappa shape index (κ2) is 8.50. The van der Waals surface area contributed by atoms with Gasteiger partial charge in [-0.15, -0.1) is 10.2 Å². The third-order valence-corrected chi connectivity index (χ3v) is 5.07. The molecule has 130 valence electrons. The van der Waals surface area contributed by atoms with Gasteiger partial charge < -0.3 is 14.0 Å². The summed E-state index contributed by atoms with van der Waals surface area (Å²) < 4.78 is 13.0. The van der Waals surface area contributed by atoms with Crippen molar-refractivity contribution in [3.63, 3.8) is 0 Å². The van der Waals surface area contributed by atoms with Crippen molar-refractivity contribution < 1.29 is 9.47 Å². The van der Waals surface area contributed by atoms with E-state index in [0.717, 1.165) is 67.4 Å². The Hall–Kier alpha value is -1.57. The largest absolute Gasteiger partial charge is 0.496 e. The number of morpholine rings is 1. The van der Waals surface area contributed by atoms with Crippen molar-refractivity contribution in [3.8, 4) is 17.1 Å². The number of aromatic nitrogens is 3. The summed E-state index contributed by atoms with van der Waals surface area (Å²) in [5.41, 5.74) is 0.981. The molecule has 2 aromatic rings. The van der Waals surface area contributed by atoms with Crippen LogP contribution in [-0.4, -0.2) is 65.4 Å². The van der Waals surface area contributed by atoms with E-state index in [0.29, 0.717) is 0 Å². The molecule has 0 atom stereocenters. The van der Waals surface area contributed by atoms with E-state index in [9.17, 15) is 0 Å². The summed E-state index contributed by atoms with van der Waals surface area (Å²) in [4.78, 5) is 2.43. The molecule has 1 aromatic carbocycles. The van der Waals surface area contributed by atoms with Crippen molar-refractivity contribution in [2.24, 2.45) is 0 Å². The van der Waals surface area contributed by atoms with Crippen molar-refractivity contribution in [2.75, 3.05) is 45.7 Å². The zero-order valence-electron chi connectivity index (χ0n) is 14.3. The predicted octanol–water partition coefficient (Wildman–Crippen LogP) is 2.40. The van der Waals surface area contributed by atoms with Crippen molar-refractivity contribution >= 4 is 11.8 Å². The molecule has 1 aliphatic rings. The van der Waals surface area contributed by atoms with E-state index in [2.05, 4.69) is 26.6 Å².